The van der Waals surface area contributed by atoms with Crippen LogP contribution in [0.3, 0.4) is 0 Å². The number of amides is 1. The van der Waals surface area contributed by atoms with Gasteiger partial charge in [0.1, 0.15) is 6.10 Å². The van der Waals surface area contributed by atoms with Crippen LogP contribution in [-0.2, 0) is 15.7 Å². The number of carbonyl (C=O) groups excluding carboxylic acids is 1. The van der Waals surface area contributed by atoms with Crippen LogP contribution in [0.4, 0.5) is 18.9 Å². The summed E-state index contributed by atoms with van der Waals surface area (Å²) in [5, 5.41) is 23.9. The zero-order valence-corrected chi connectivity index (χ0v) is 16.7. The minimum absolute atomic E-state index is 0.0156. The summed E-state index contributed by atoms with van der Waals surface area (Å²) in [4.78, 5) is 16.3. The van der Waals surface area contributed by atoms with Gasteiger partial charge in [-0.25, -0.2) is 0 Å². The molecule has 1 aromatic rings. The van der Waals surface area contributed by atoms with Crippen LogP contribution < -0.4 is 10.2 Å². The Bertz CT molecular complexity index is 833. The second-order valence-electron chi connectivity index (χ2n) is 7.72. The molecule has 3 fully saturated rings. The number of nitrogens with zero attached hydrogens (tertiary/aromatic N) is 2. The standard InChI is InChI=1S/C19H22F3N3O4S/c20-19(21,22)10-2-1-3-11(8-10)25-15-12(17(28)24-4-6-29-7-5-24)9-13(26)16(27)14(15)23-18(25)30/h1-3,8,12-16,26-27H,4-7,9H2,(H,23,30). The monoisotopic (exact) mass is 445 g/mol. The average Bonchev–Trinajstić information content (AvgIpc) is 3.07. The highest BCUT2D eigenvalue weighted by molar-refractivity contribution is 7.80. The molecule has 0 aromatic heterocycles. The number of nitrogens with one attached hydrogen (secondary N) is 1. The lowest BCUT2D eigenvalue weighted by Crippen LogP contribution is -2.61. The molecular weight excluding hydrogens is 423 g/mol. The first-order chi connectivity index (χ1) is 14.2. The van der Waals surface area contributed by atoms with E-state index in [1.54, 1.807) is 4.90 Å². The van der Waals surface area contributed by atoms with E-state index in [1.165, 1.54) is 17.0 Å². The van der Waals surface area contributed by atoms with Gasteiger partial charge in [0.25, 0.3) is 0 Å². The Balaban J connectivity index is 1.71. The first-order valence-electron chi connectivity index (χ1n) is 9.68. The summed E-state index contributed by atoms with van der Waals surface area (Å²) in [6, 6.07) is 3.19. The number of fused-ring (bicyclic) bond motifs is 1. The van der Waals surface area contributed by atoms with E-state index in [9.17, 15) is 28.2 Å². The Morgan fingerprint density at radius 2 is 1.93 bits per heavy atom. The topological polar surface area (TPSA) is 85.3 Å². The molecule has 2 saturated heterocycles. The Kier molecular flexibility index (Phi) is 5.64. The molecule has 0 radical (unpaired) electrons. The van der Waals surface area contributed by atoms with E-state index in [0.29, 0.717) is 26.3 Å². The highest BCUT2D eigenvalue weighted by atomic mass is 32.1. The first-order valence-corrected chi connectivity index (χ1v) is 10.1. The molecule has 0 spiro atoms. The number of alkyl halides is 3. The summed E-state index contributed by atoms with van der Waals surface area (Å²) in [5.74, 6) is -0.989. The second kappa shape index (κ2) is 7.95. The van der Waals surface area contributed by atoms with Gasteiger partial charge in [0.15, 0.2) is 5.11 Å². The molecule has 2 heterocycles. The average molecular weight is 445 g/mol. The van der Waals surface area contributed by atoms with E-state index >= 15 is 0 Å². The molecule has 5 atom stereocenters. The Labute approximate surface area is 176 Å². The molecule has 5 unspecified atom stereocenters. The molecule has 1 saturated carbocycles. The molecule has 7 nitrogen and oxygen atoms in total. The number of hydrogen-bond donors (Lipinski definition) is 3. The summed E-state index contributed by atoms with van der Waals surface area (Å²) in [6.45, 7) is 1.58. The maximum Gasteiger partial charge on any atom is 0.416 e. The molecule has 3 N–H and O–H groups in total. The molecule has 4 rings (SSSR count). The van der Waals surface area contributed by atoms with Crippen molar-refractivity contribution in [2.75, 3.05) is 31.2 Å². The van der Waals surface area contributed by atoms with E-state index in [-0.39, 0.29) is 23.1 Å². The van der Waals surface area contributed by atoms with Crippen LogP contribution in [0, 0.1) is 5.92 Å². The van der Waals surface area contributed by atoms with Gasteiger partial charge in [-0.05, 0) is 36.8 Å². The van der Waals surface area contributed by atoms with Gasteiger partial charge in [-0.3, -0.25) is 4.79 Å². The van der Waals surface area contributed by atoms with Crippen LogP contribution in [-0.4, -0.2) is 76.7 Å². The van der Waals surface area contributed by atoms with Crippen molar-refractivity contribution in [3.8, 4) is 0 Å². The number of anilines is 1. The fourth-order valence-electron chi connectivity index (χ4n) is 4.48. The van der Waals surface area contributed by atoms with Crippen LogP contribution in [0.15, 0.2) is 24.3 Å². The predicted octanol–water partition coefficient (Wildman–Crippen LogP) is 0.738. The van der Waals surface area contributed by atoms with E-state index in [0.717, 1.165) is 12.1 Å². The van der Waals surface area contributed by atoms with Gasteiger partial charge in [0, 0.05) is 18.8 Å². The van der Waals surface area contributed by atoms with E-state index in [1.807, 2.05) is 0 Å². The SMILES string of the molecule is O=C(C1CC(O)C(O)C2NC(=S)N(c3cccc(C(F)(F)F)c3)C12)N1CCOCC1. The van der Waals surface area contributed by atoms with Crippen molar-refractivity contribution >= 4 is 28.9 Å². The number of halogens is 3. The van der Waals surface area contributed by atoms with Gasteiger partial charge in [-0.1, -0.05) is 6.07 Å². The molecule has 2 aliphatic heterocycles. The largest absolute Gasteiger partial charge is 0.416 e. The molecule has 3 aliphatic rings. The van der Waals surface area contributed by atoms with Crippen molar-refractivity contribution in [2.24, 2.45) is 5.92 Å². The van der Waals surface area contributed by atoms with Crippen molar-refractivity contribution in [1.82, 2.24) is 10.2 Å². The predicted molar refractivity (Wildman–Crippen MR) is 105 cm³/mol. The summed E-state index contributed by atoms with van der Waals surface area (Å²) in [6.07, 6.45) is -6.91. The quantitative estimate of drug-likeness (QED) is 0.579. The number of carbonyl (C=O) groups is 1. The number of morpholine rings is 1. The number of ether oxygens (including phenoxy) is 1. The van der Waals surface area contributed by atoms with Gasteiger partial charge in [-0.15, -0.1) is 0 Å². The fraction of sp³-hybridized carbons (Fsp3) is 0.579. The lowest BCUT2D eigenvalue weighted by molar-refractivity contribution is -0.145. The lowest BCUT2D eigenvalue weighted by atomic mass is 9.77. The lowest BCUT2D eigenvalue weighted by Gasteiger charge is -2.43. The number of hydrogen-bond acceptors (Lipinski definition) is 5. The molecule has 164 valence electrons. The summed E-state index contributed by atoms with van der Waals surface area (Å²) in [7, 11) is 0. The Morgan fingerprint density at radius 3 is 2.60 bits per heavy atom. The molecule has 1 amide bonds. The maximum atomic E-state index is 13.3. The molecule has 30 heavy (non-hydrogen) atoms. The van der Waals surface area contributed by atoms with Crippen molar-refractivity contribution in [1.29, 1.82) is 0 Å². The normalized spacial score (nSPS) is 32.0. The van der Waals surface area contributed by atoms with Crippen LogP contribution in [0.25, 0.3) is 0 Å². The molecular formula is C19H22F3N3O4S. The Hall–Kier alpha value is -1.95. The number of thiocarbonyl (C=S) groups is 1. The van der Waals surface area contributed by atoms with Gasteiger partial charge in [-0.2, -0.15) is 13.2 Å². The second-order valence-corrected chi connectivity index (χ2v) is 8.11. The zero-order chi connectivity index (χ0) is 21.6. The fourth-order valence-corrected chi connectivity index (χ4v) is 4.84. The van der Waals surface area contributed by atoms with Crippen molar-refractivity contribution in [3.63, 3.8) is 0 Å². The van der Waals surface area contributed by atoms with E-state index in [2.05, 4.69) is 5.32 Å². The highest BCUT2D eigenvalue weighted by Crippen LogP contribution is 2.39. The van der Waals surface area contributed by atoms with Crippen molar-refractivity contribution in [2.45, 2.75) is 36.9 Å². The number of benzene rings is 1. The number of aliphatic hydroxyl groups is 2. The van der Waals surface area contributed by atoms with Crippen molar-refractivity contribution < 1.29 is 32.9 Å². The van der Waals surface area contributed by atoms with Gasteiger partial charge in [0.05, 0.1) is 42.9 Å². The number of rotatable bonds is 2. The molecule has 1 aliphatic carbocycles. The van der Waals surface area contributed by atoms with Crippen LogP contribution in [0.1, 0.15) is 12.0 Å². The third-order valence-electron chi connectivity index (χ3n) is 5.94. The number of aliphatic hydroxyl groups excluding tert-OH is 2. The van der Waals surface area contributed by atoms with Gasteiger partial charge in [0.2, 0.25) is 5.91 Å². The van der Waals surface area contributed by atoms with Crippen molar-refractivity contribution in [3.05, 3.63) is 29.8 Å². The highest BCUT2D eigenvalue weighted by Gasteiger charge is 2.54. The van der Waals surface area contributed by atoms with Gasteiger partial charge >= 0.3 is 6.18 Å². The molecule has 11 heteroatoms. The molecule has 1 aromatic carbocycles. The minimum Gasteiger partial charge on any atom is -0.390 e. The third-order valence-corrected chi connectivity index (χ3v) is 6.25. The summed E-state index contributed by atoms with van der Waals surface area (Å²) < 4.78 is 45.0. The smallest absolute Gasteiger partial charge is 0.390 e. The summed E-state index contributed by atoms with van der Waals surface area (Å²) >= 11 is 5.36. The third kappa shape index (κ3) is 3.75. The Morgan fingerprint density at radius 1 is 1.23 bits per heavy atom. The maximum absolute atomic E-state index is 13.3. The van der Waals surface area contributed by atoms with Crippen LogP contribution in [0.5, 0.6) is 0 Å². The molecule has 0 bridgehead atoms. The minimum atomic E-state index is -4.53. The van der Waals surface area contributed by atoms with E-state index in [4.69, 9.17) is 17.0 Å². The van der Waals surface area contributed by atoms with Crippen LogP contribution in [0.2, 0.25) is 0 Å². The van der Waals surface area contributed by atoms with Gasteiger partial charge < -0.3 is 30.1 Å². The first kappa shape index (κ1) is 21.3. The van der Waals surface area contributed by atoms with E-state index < -0.39 is 41.9 Å². The van der Waals surface area contributed by atoms with Crippen LogP contribution >= 0.6 is 12.2 Å². The zero-order valence-electron chi connectivity index (χ0n) is 15.9. The summed E-state index contributed by atoms with van der Waals surface area (Å²) in [5.41, 5.74) is -0.656.